The van der Waals surface area contributed by atoms with E-state index in [1.54, 1.807) is 7.11 Å². The van der Waals surface area contributed by atoms with Crippen molar-refractivity contribution in [3.05, 3.63) is 71.3 Å². The van der Waals surface area contributed by atoms with Crippen LogP contribution in [0.5, 0.6) is 5.75 Å². The Labute approximate surface area is 146 Å². The molecule has 0 saturated carbocycles. The van der Waals surface area contributed by atoms with E-state index in [9.17, 15) is 5.26 Å². The van der Waals surface area contributed by atoms with Crippen LogP contribution in [0, 0.1) is 11.3 Å². The van der Waals surface area contributed by atoms with Crippen LogP contribution in [0.2, 0.25) is 0 Å². The largest absolute Gasteiger partial charge is 0.496 e. The first-order chi connectivity index (χ1) is 12.2. The van der Waals surface area contributed by atoms with E-state index in [0.29, 0.717) is 29.4 Å². The van der Waals surface area contributed by atoms with E-state index in [2.05, 4.69) is 16.4 Å². The predicted molar refractivity (Wildman–Crippen MR) is 97.1 cm³/mol. The Morgan fingerprint density at radius 3 is 2.64 bits per heavy atom. The molecule has 0 bridgehead atoms. The van der Waals surface area contributed by atoms with Crippen molar-refractivity contribution in [2.24, 2.45) is 10.8 Å². The van der Waals surface area contributed by atoms with E-state index in [4.69, 9.17) is 10.6 Å². The molecule has 6 nitrogen and oxygen atoms in total. The van der Waals surface area contributed by atoms with E-state index in [1.165, 1.54) is 5.01 Å². The van der Waals surface area contributed by atoms with Gasteiger partial charge in [0.15, 0.2) is 0 Å². The zero-order chi connectivity index (χ0) is 17.6. The number of nitrogens with two attached hydrogens (primary N) is 1. The van der Waals surface area contributed by atoms with Crippen molar-refractivity contribution in [3.8, 4) is 11.8 Å². The molecule has 0 saturated heterocycles. The Balaban J connectivity index is 1.95. The van der Waals surface area contributed by atoms with Gasteiger partial charge in [0.25, 0.3) is 0 Å². The van der Waals surface area contributed by atoms with Gasteiger partial charge in [-0.3, -0.25) is 5.01 Å². The molecule has 2 aromatic rings. The third-order valence-corrected chi connectivity index (χ3v) is 3.92. The monoisotopic (exact) mass is 333 g/mol. The summed E-state index contributed by atoms with van der Waals surface area (Å²) in [5.41, 5.74) is 2.87. The molecular formula is C19H19N5O. The Morgan fingerprint density at radius 2 is 1.92 bits per heavy atom. The number of hydrogen-bond acceptors (Lipinski definition) is 6. The van der Waals surface area contributed by atoms with Crippen molar-refractivity contribution in [1.29, 1.82) is 5.26 Å². The van der Waals surface area contributed by atoms with E-state index in [-0.39, 0.29) is 6.67 Å². The van der Waals surface area contributed by atoms with Gasteiger partial charge in [0, 0.05) is 12.1 Å². The summed E-state index contributed by atoms with van der Waals surface area (Å²) in [5.74, 6) is 7.30. The number of hydrogen-bond donors (Lipinski definition) is 2. The predicted octanol–water partition coefficient (Wildman–Crippen LogP) is 2.26. The summed E-state index contributed by atoms with van der Waals surface area (Å²) >= 11 is 0. The minimum absolute atomic E-state index is 0.260. The Hall–Kier alpha value is -3.30. The summed E-state index contributed by atoms with van der Waals surface area (Å²) in [7, 11) is 1.60. The third-order valence-electron chi connectivity index (χ3n) is 3.92. The first-order valence-electron chi connectivity index (χ1n) is 7.87. The van der Waals surface area contributed by atoms with Crippen LogP contribution in [-0.2, 0) is 6.54 Å². The number of para-hydroxylation sites is 1. The minimum Gasteiger partial charge on any atom is -0.496 e. The SMILES string of the molecule is COc1ccccc1C1=C(C#N)C(NCc2ccccc2)=NCN1N. The van der Waals surface area contributed by atoms with Crippen LogP contribution in [0.3, 0.4) is 0 Å². The fraction of sp³-hybridized carbons (Fsp3) is 0.158. The lowest BCUT2D eigenvalue weighted by molar-refractivity contribution is 0.399. The smallest absolute Gasteiger partial charge is 0.143 e. The second kappa shape index (κ2) is 7.51. The number of amidine groups is 1. The zero-order valence-corrected chi connectivity index (χ0v) is 13.9. The van der Waals surface area contributed by atoms with Crippen LogP contribution in [0.4, 0.5) is 0 Å². The first kappa shape index (κ1) is 16.6. The molecule has 3 N–H and O–H groups in total. The van der Waals surface area contributed by atoms with Crippen LogP contribution in [0.25, 0.3) is 5.70 Å². The number of benzene rings is 2. The lowest BCUT2D eigenvalue weighted by atomic mass is 10.0. The van der Waals surface area contributed by atoms with Crippen molar-refractivity contribution in [3.63, 3.8) is 0 Å². The third kappa shape index (κ3) is 3.47. The molecule has 0 atom stereocenters. The molecule has 25 heavy (non-hydrogen) atoms. The molecule has 0 unspecified atom stereocenters. The van der Waals surface area contributed by atoms with Gasteiger partial charge in [-0.2, -0.15) is 5.26 Å². The second-order valence-corrected chi connectivity index (χ2v) is 5.49. The maximum absolute atomic E-state index is 9.72. The summed E-state index contributed by atoms with van der Waals surface area (Å²) in [6.07, 6.45) is 0. The number of ether oxygens (including phenoxy) is 1. The van der Waals surface area contributed by atoms with Crippen molar-refractivity contribution in [2.45, 2.75) is 6.54 Å². The number of nitrogens with zero attached hydrogens (tertiary/aromatic N) is 3. The summed E-state index contributed by atoms with van der Waals surface area (Å²) in [6, 6.07) is 19.7. The summed E-state index contributed by atoms with van der Waals surface area (Å²) in [4.78, 5) is 4.39. The molecule has 2 aromatic carbocycles. The number of rotatable bonds is 4. The minimum atomic E-state index is 0.260. The lowest BCUT2D eigenvalue weighted by Crippen LogP contribution is -2.39. The standard InChI is InChI=1S/C19H19N5O/c1-25-17-10-6-5-9-15(17)18-16(11-20)19(23-13-24(18)21)22-12-14-7-3-2-4-8-14/h2-10H,12-13,21H2,1H3,(H,22,23). The van der Waals surface area contributed by atoms with Gasteiger partial charge in [0.05, 0.1) is 12.8 Å². The van der Waals surface area contributed by atoms with Gasteiger partial charge in [0.2, 0.25) is 0 Å². The molecule has 0 amide bonds. The Morgan fingerprint density at radius 1 is 1.20 bits per heavy atom. The molecule has 0 spiro atoms. The fourth-order valence-electron chi connectivity index (χ4n) is 2.71. The molecule has 0 fully saturated rings. The molecule has 6 heteroatoms. The van der Waals surface area contributed by atoms with Crippen LogP contribution in [0.1, 0.15) is 11.1 Å². The maximum Gasteiger partial charge on any atom is 0.143 e. The van der Waals surface area contributed by atoms with E-state index in [1.807, 2.05) is 54.6 Å². The molecule has 1 aliphatic heterocycles. The molecule has 0 aliphatic carbocycles. The highest BCUT2D eigenvalue weighted by atomic mass is 16.5. The summed E-state index contributed by atoms with van der Waals surface area (Å²) in [6.45, 7) is 0.838. The van der Waals surface area contributed by atoms with Gasteiger partial charge in [-0.1, -0.05) is 42.5 Å². The Kier molecular flexibility index (Phi) is 4.97. The molecular weight excluding hydrogens is 314 g/mol. The van der Waals surface area contributed by atoms with Crippen LogP contribution < -0.4 is 15.9 Å². The normalized spacial score (nSPS) is 14.0. The molecule has 0 aromatic heterocycles. The van der Waals surface area contributed by atoms with Gasteiger partial charge in [-0.15, -0.1) is 0 Å². The fourth-order valence-corrected chi connectivity index (χ4v) is 2.71. The van der Waals surface area contributed by atoms with Gasteiger partial charge in [0.1, 0.15) is 29.9 Å². The number of aliphatic imine (C=N–C) groups is 1. The summed E-state index contributed by atoms with van der Waals surface area (Å²) in [5, 5.41) is 14.4. The first-order valence-corrected chi connectivity index (χ1v) is 7.87. The van der Waals surface area contributed by atoms with E-state index >= 15 is 0 Å². The lowest BCUT2D eigenvalue weighted by Gasteiger charge is -2.28. The van der Waals surface area contributed by atoms with E-state index < -0.39 is 0 Å². The highest BCUT2D eigenvalue weighted by Crippen LogP contribution is 2.31. The second-order valence-electron chi connectivity index (χ2n) is 5.49. The molecule has 0 radical (unpaired) electrons. The van der Waals surface area contributed by atoms with Crippen LogP contribution >= 0.6 is 0 Å². The topological polar surface area (TPSA) is 86.7 Å². The molecule has 3 rings (SSSR count). The quantitative estimate of drug-likeness (QED) is 0.838. The van der Waals surface area contributed by atoms with Crippen molar-refractivity contribution >= 4 is 11.5 Å². The van der Waals surface area contributed by atoms with Crippen LogP contribution in [-0.4, -0.2) is 24.6 Å². The number of nitriles is 1. The van der Waals surface area contributed by atoms with Gasteiger partial charge in [-0.25, -0.2) is 10.8 Å². The number of nitrogens with one attached hydrogen (secondary N) is 1. The maximum atomic E-state index is 9.72. The molecule has 1 aliphatic rings. The van der Waals surface area contributed by atoms with Gasteiger partial charge < -0.3 is 10.1 Å². The summed E-state index contributed by atoms with van der Waals surface area (Å²) < 4.78 is 5.42. The number of hydrazine groups is 1. The highest BCUT2D eigenvalue weighted by Gasteiger charge is 2.25. The zero-order valence-electron chi connectivity index (χ0n) is 13.9. The van der Waals surface area contributed by atoms with Crippen molar-refractivity contribution < 1.29 is 4.74 Å². The number of methoxy groups -OCH3 is 1. The van der Waals surface area contributed by atoms with Crippen LogP contribution in [0.15, 0.2) is 65.2 Å². The van der Waals surface area contributed by atoms with Gasteiger partial charge in [-0.05, 0) is 17.7 Å². The van der Waals surface area contributed by atoms with Crippen molar-refractivity contribution in [2.75, 3.05) is 13.8 Å². The molecule has 1 heterocycles. The average Bonchev–Trinajstić information content (AvgIpc) is 2.67. The highest BCUT2D eigenvalue weighted by molar-refractivity contribution is 6.09. The Bertz CT molecular complexity index is 852. The van der Waals surface area contributed by atoms with E-state index in [0.717, 1.165) is 11.1 Å². The molecule has 126 valence electrons. The van der Waals surface area contributed by atoms with Crippen molar-refractivity contribution in [1.82, 2.24) is 10.3 Å². The average molecular weight is 333 g/mol. The van der Waals surface area contributed by atoms with Gasteiger partial charge >= 0.3 is 0 Å².